The molecule has 52 valence electrons. The average molecular weight is 139 g/mol. The van der Waals surface area contributed by atoms with Gasteiger partial charge in [-0.25, -0.2) is 4.79 Å². The number of rotatable bonds is 1. The fourth-order valence-electron chi connectivity index (χ4n) is 0.528. The highest BCUT2D eigenvalue weighted by Crippen LogP contribution is 2.07. The van der Waals surface area contributed by atoms with Crippen molar-refractivity contribution in [2.75, 3.05) is 0 Å². The van der Waals surface area contributed by atoms with Crippen LogP contribution in [0.15, 0.2) is 24.0 Å². The summed E-state index contributed by atoms with van der Waals surface area (Å²) < 4.78 is 4.36. The Bertz CT molecular complexity index is 236. The topological polar surface area (TPSA) is 66.4 Å². The molecule has 0 aromatic rings. The molecule has 4 nitrogen and oxygen atoms in total. The summed E-state index contributed by atoms with van der Waals surface area (Å²) in [6.07, 6.45) is 3.11. The first kappa shape index (κ1) is 6.54. The maximum atomic E-state index is 10.3. The zero-order valence-electron chi connectivity index (χ0n) is 4.87. The number of allylic oxidation sites excluding steroid dienone is 1. The van der Waals surface area contributed by atoms with Crippen LogP contribution in [0.1, 0.15) is 0 Å². The fourth-order valence-corrected chi connectivity index (χ4v) is 0.528. The van der Waals surface area contributed by atoms with Gasteiger partial charge in [0.05, 0.1) is 5.97 Å². The summed E-state index contributed by atoms with van der Waals surface area (Å²) in [5, 5.41) is 9.85. The molecule has 0 radical (unpaired) electrons. The van der Waals surface area contributed by atoms with E-state index in [9.17, 15) is 14.7 Å². The molecular weight excluding hydrogens is 136 g/mol. The van der Waals surface area contributed by atoms with Gasteiger partial charge in [-0.1, -0.05) is 0 Å². The molecule has 1 rings (SSSR count). The molecule has 0 fully saturated rings. The third-order valence-electron chi connectivity index (χ3n) is 0.862. The second-order valence-electron chi connectivity index (χ2n) is 1.62. The van der Waals surface area contributed by atoms with Crippen LogP contribution in [0.3, 0.4) is 0 Å². The van der Waals surface area contributed by atoms with Gasteiger partial charge in [-0.2, -0.15) is 0 Å². The lowest BCUT2D eigenvalue weighted by Crippen LogP contribution is -2.19. The Hall–Kier alpha value is -1.58. The van der Waals surface area contributed by atoms with Crippen molar-refractivity contribution in [1.82, 2.24) is 0 Å². The van der Waals surface area contributed by atoms with Crippen molar-refractivity contribution in [2.24, 2.45) is 0 Å². The Morgan fingerprint density at radius 1 is 1.60 bits per heavy atom. The Balaban J connectivity index is 2.70. The molecule has 1 aliphatic heterocycles. The number of hydrogen-bond acceptors (Lipinski definition) is 4. The molecular formula is C6H3O4-. The van der Waals surface area contributed by atoms with Crippen molar-refractivity contribution in [3.8, 4) is 0 Å². The van der Waals surface area contributed by atoms with Crippen molar-refractivity contribution in [3.05, 3.63) is 24.0 Å². The largest absolute Gasteiger partial charge is 0.545 e. The van der Waals surface area contributed by atoms with E-state index in [1.54, 1.807) is 0 Å². The molecule has 0 N–H and O–H groups in total. The number of carboxylic acids is 1. The summed E-state index contributed by atoms with van der Waals surface area (Å²) in [6, 6.07) is 0. The smallest absolute Gasteiger partial charge is 0.336 e. The second kappa shape index (κ2) is 2.34. The Morgan fingerprint density at radius 2 is 2.30 bits per heavy atom. The predicted octanol–water partition coefficient (Wildman–Crippen LogP) is -1.27. The van der Waals surface area contributed by atoms with Gasteiger partial charge < -0.3 is 14.6 Å². The molecule has 0 saturated heterocycles. The van der Waals surface area contributed by atoms with Crippen LogP contribution in [0.25, 0.3) is 0 Å². The molecule has 0 unspecified atom stereocenters. The second-order valence-corrected chi connectivity index (χ2v) is 1.62. The molecule has 0 aromatic heterocycles. The van der Waals surface area contributed by atoms with Crippen molar-refractivity contribution in [2.45, 2.75) is 0 Å². The molecule has 1 heterocycles. The van der Waals surface area contributed by atoms with Crippen LogP contribution in [0.2, 0.25) is 0 Å². The predicted molar refractivity (Wildman–Crippen MR) is 28.3 cm³/mol. The van der Waals surface area contributed by atoms with Gasteiger partial charge in [0.1, 0.15) is 5.76 Å². The highest BCUT2D eigenvalue weighted by molar-refractivity contribution is 5.88. The van der Waals surface area contributed by atoms with Gasteiger partial charge in [-0.3, -0.25) is 0 Å². The number of cyclic esters (lactones) is 1. The van der Waals surface area contributed by atoms with E-state index in [4.69, 9.17) is 0 Å². The van der Waals surface area contributed by atoms with Gasteiger partial charge in [-0.15, -0.1) is 0 Å². The van der Waals surface area contributed by atoms with Gasteiger partial charge in [0.15, 0.2) is 0 Å². The average Bonchev–Trinajstić information content (AvgIpc) is 2.13. The van der Waals surface area contributed by atoms with Crippen molar-refractivity contribution < 1.29 is 19.4 Å². The van der Waals surface area contributed by atoms with E-state index in [-0.39, 0.29) is 5.76 Å². The van der Waals surface area contributed by atoms with E-state index in [0.29, 0.717) is 6.08 Å². The Kier molecular flexibility index (Phi) is 1.53. The number of ether oxygens (including phenoxy) is 1. The third kappa shape index (κ3) is 1.45. The maximum Gasteiger partial charge on any atom is 0.336 e. The van der Waals surface area contributed by atoms with Crippen LogP contribution in [-0.4, -0.2) is 11.9 Å². The SMILES string of the molecule is O=C([O-])/C=C1\C=CC(=O)O1. The van der Waals surface area contributed by atoms with Gasteiger partial charge >= 0.3 is 5.97 Å². The molecule has 0 aromatic carbocycles. The number of esters is 1. The van der Waals surface area contributed by atoms with Crippen LogP contribution < -0.4 is 5.11 Å². The van der Waals surface area contributed by atoms with E-state index >= 15 is 0 Å². The summed E-state index contributed by atoms with van der Waals surface area (Å²) in [6.45, 7) is 0. The number of hydrogen-bond donors (Lipinski definition) is 0. The molecule has 0 amide bonds. The first-order valence-electron chi connectivity index (χ1n) is 2.51. The molecule has 0 aliphatic carbocycles. The van der Waals surface area contributed by atoms with Crippen LogP contribution in [0, 0.1) is 0 Å². The Morgan fingerprint density at radius 3 is 2.70 bits per heavy atom. The van der Waals surface area contributed by atoms with Crippen LogP contribution in [0.5, 0.6) is 0 Å². The van der Waals surface area contributed by atoms with Crippen molar-refractivity contribution in [1.29, 1.82) is 0 Å². The van der Waals surface area contributed by atoms with E-state index in [2.05, 4.69) is 4.74 Å². The quantitative estimate of drug-likeness (QED) is 0.335. The van der Waals surface area contributed by atoms with Crippen LogP contribution in [0.4, 0.5) is 0 Å². The first-order chi connectivity index (χ1) is 4.68. The maximum absolute atomic E-state index is 10.3. The minimum absolute atomic E-state index is 0.00463. The number of carbonyl (C=O) groups is 2. The summed E-state index contributed by atoms with van der Waals surface area (Å²) in [5.74, 6) is -1.94. The summed E-state index contributed by atoms with van der Waals surface area (Å²) >= 11 is 0. The lowest BCUT2D eigenvalue weighted by Gasteiger charge is -1.94. The van der Waals surface area contributed by atoms with Gasteiger partial charge in [0.2, 0.25) is 0 Å². The molecule has 0 spiro atoms. The third-order valence-corrected chi connectivity index (χ3v) is 0.862. The highest BCUT2D eigenvalue weighted by atomic mass is 16.5. The standard InChI is InChI=1S/C6H4O4/c7-5(8)3-4-1-2-6(9)10-4/h1-3H,(H,7,8)/p-1/b4-3+. The zero-order valence-corrected chi connectivity index (χ0v) is 4.87. The van der Waals surface area contributed by atoms with Crippen LogP contribution in [-0.2, 0) is 14.3 Å². The number of carbonyl (C=O) groups excluding carboxylic acids is 2. The van der Waals surface area contributed by atoms with Crippen LogP contribution >= 0.6 is 0 Å². The van der Waals surface area contributed by atoms with Gasteiger partial charge in [0, 0.05) is 12.2 Å². The summed E-state index contributed by atoms with van der Waals surface area (Å²) in [5.41, 5.74) is 0. The fraction of sp³-hybridized carbons (Fsp3) is 0. The summed E-state index contributed by atoms with van der Waals surface area (Å²) in [4.78, 5) is 20.1. The molecule has 0 bridgehead atoms. The van der Waals surface area contributed by atoms with E-state index in [0.717, 1.165) is 6.08 Å². The summed E-state index contributed by atoms with van der Waals surface area (Å²) in [7, 11) is 0. The first-order valence-corrected chi connectivity index (χ1v) is 2.51. The molecule has 4 heteroatoms. The van der Waals surface area contributed by atoms with Gasteiger partial charge in [0.25, 0.3) is 0 Å². The Labute approximate surface area is 56.4 Å². The van der Waals surface area contributed by atoms with E-state index in [1.165, 1.54) is 6.08 Å². The molecule has 10 heavy (non-hydrogen) atoms. The van der Waals surface area contributed by atoms with E-state index in [1.807, 2.05) is 0 Å². The number of aliphatic carboxylic acids is 1. The monoisotopic (exact) mass is 139 g/mol. The van der Waals surface area contributed by atoms with Gasteiger partial charge in [-0.05, 0) is 6.08 Å². The zero-order chi connectivity index (χ0) is 7.56. The minimum Gasteiger partial charge on any atom is -0.545 e. The molecule has 0 atom stereocenters. The highest BCUT2D eigenvalue weighted by Gasteiger charge is 2.07. The normalized spacial score (nSPS) is 19.6. The lowest BCUT2D eigenvalue weighted by molar-refractivity contribution is -0.297. The van der Waals surface area contributed by atoms with E-state index < -0.39 is 11.9 Å². The van der Waals surface area contributed by atoms with Crippen molar-refractivity contribution >= 4 is 11.9 Å². The minimum atomic E-state index is -1.38. The molecule has 1 aliphatic rings. The van der Waals surface area contributed by atoms with Crippen molar-refractivity contribution in [3.63, 3.8) is 0 Å². The molecule has 0 saturated carbocycles. The lowest BCUT2D eigenvalue weighted by atomic mass is 10.4. The number of carboxylic acid groups (broad SMARTS) is 1.